The molecule has 0 unspecified atom stereocenters. The van der Waals surface area contributed by atoms with Gasteiger partial charge in [0.25, 0.3) is 0 Å². The van der Waals surface area contributed by atoms with Gasteiger partial charge in [-0.15, -0.1) is 0 Å². The Balaban J connectivity index is 2.21. The Bertz CT molecular complexity index is 365. The fraction of sp³-hybridized carbons (Fsp3) is 0.958. The van der Waals surface area contributed by atoms with Crippen LogP contribution < -0.4 is 21.3 Å². The summed E-state index contributed by atoms with van der Waals surface area (Å²) in [6.45, 7) is 8.33. The summed E-state index contributed by atoms with van der Waals surface area (Å²) in [5.74, 6) is 0.209. The van der Waals surface area contributed by atoms with E-state index in [1.165, 1.54) is 70.6 Å². The van der Waals surface area contributed by atoms with Gasteiger partial charge in [0.05, 0.1) is 0 Å². The molecule has 1 fully saturated rings. The molecule has 0 aromatic heterocycles. The Hall–Kier alpha value is -0.650. The van der Waals surface area contributed by atoms with Crippen LogP contribution in [-0.4, -0.2) is 51.2 Å². The quantitative estimate of drug-likeness (QED) is 0.409. The summed E-state index contributed by atoms with van der Waals surface area (Å²) < 4.78 is 0. The number of carbonyl (C=O) groups is 1. The number of hydrogen-bond acceptors (Lipinski definition) is 4. The van der Waals surface area contributed by atoms with Crippen molar-refractivity contribution in [3.63, 3.8) is 0 Å². The van der Waals surface area contributed by atoms with Crippen molar-refractivity contribution < 1.29 is 4.79 Å². The minimum atomic E-state index is 0.209. The zero-order valence-corrected chi connectivity index (χ0v) is 19.3. The molecule has 29 heavy (non-hydrogen) atoms. The Labute approximate surface area is 180 Å². The maximum Gasteiger partial charge on any atom is 0.221 e. The highest BCUT2D eigenvalue weighted by atomic mass is 16.1. The van der Waals surface area contributed by atoms with Gasteiger partial charge in [-0.1, -0.05) is 64.7 Å². The van der Waals surface area contributed by atoms with Gasteiger partial charge in [-0.25, -0.2) is 0 Å². The Morgan fingerprint density at radius 2 is 1.24 bits per heavy atom. The number of carbonyl (C=O) groups excluding carboxylic acids is 1. The lowest BCUT2D eigenvalue weighted by Crippen LogP contribution is -2.37. The SMILES string of the molecule is CCCCCCCCCCC[C@@H]1CC(=O)NCCCNCCCCNCCCN1. The zero-order chi connectivity index (χ0) is 20.8. The molecule has 0 bridgehead atoms. The standard InChI is InChI=1S/C24H50N4O/c1-2-3-4-5-6-7-8-9-10-15-23-22-24(29)28-21-14-19-26-17-12-11-16-25-18-13-20-27-23/h23,25-27H,2-22H2,1H3,(H,28,29)/t23-/m1/s1. The summed E-state index contributed by atoms with van der Waals surface area (Å²) in [6.07, 6.45) is 18.5. The van der Waals surface area contributed by atoms with Gasteiger partial charge in [0.1, 0.15) is 0 Å². The molecule has 0 aliphatic carbocycles. The first-order chi connectivity index (χ1) is 14.3. The van der Waals surface area contributed by atoms with Crippen molar-refractivity contribution in [2.24, 2.45) is 0 Å². The Morgan fingerprint density at radius 1 is 0.690 bits per heavy atom. The fourth-order valence-electron chi connectivity index (χ4n) is 3.98. The highest BCUT2D eigenvalue weighted by Gasteiger charge is 2.13. The Morgan fingerprint density at radius 3 is 1.90 bits per heavy atom. The van der Waals surface area contributed by atoms with Crippen LogP contribution in [0.2, 0.25) is 0 Å². The van der Waals surface area contributed by atoms with Gasteiger partial charge in [0, 0.05) is 19.0 Å². The van der Waals surface area contributed by atoms with Crippen LogP contribution >= 0.6 is 0 Å². The van der Waals surface area contributed by atoms with Crippen molar-refractivity contribution in [2.45, 2.75) is 109 Å². The van der Waals surface area contributed by atoms with E-state index in [9.17, 15) is 4.79 Å². The van der Waals surface area contributed by atoms with E-state index in [1.54, 1.807) is 0 Å². The molecule has 0 aromatic carbocycles. The molecule has 0 aromatic rings. The second-order valence-electron chi connectivity index (χ2n) is 8.74. The Kier molecular flexibility index (Phi) is 18.8. The fourth-order valence-corrected chi connectivity index (χ4v) is 3.98. The van der Waals surface area contributed by atoms with E-state index in [2.05, 4.69) is 28.2 Å². The van der Waals surface area contributed by atoms with Crippen LogP contribution in [0.5, 0.6) is 0 Å². The van der Waals surface area contributed by atoms with Crippen LogP contribution in [-0.2, 0) is 4.79 Å². The molecule has 0 saturated carbocycles. The lowest BCUT2D eigenvalue weighted by atomic mass is 10.0. The number of hydrogen-bond donors (Lipinski definition) is 4. The van der Waals surface area contributed by atoms with Crippen LogP contribution in [0.25, 0.3) is 0 Å². The number of amides is 1. The first-order valence-corrected chi connectivity index (χ1v) is 12.7. The van der Waals surface area contributed by atoms with E-state index in [4.69, 9.17) is 0 Å². The van der Waals surface area contributed by atoms with E-state index in [1.807, 2.05) is 0 Å². The van der Waals surface area contributed by atoms with Crippen LogP contribution in [0.3, 0.4) is 0 Å². The molecule has 4 N–H and O–H groups in total. The second kappa shape index (κ2) is 20.6. The lowest BCUT2D eigenvalue weighted by molar-refractivity contribution is -0.121. The van der Waals surface area contributed by atoms with Crippen LogP contribution in [0.15, 0.2) is 0 Å². The normalized spacial score (nSPS) is 21.4. The topological polar surface area (TPSA) is 65.2 Å². The maximum atomic E-state index is 12.3. The largest absolute Gasteiger partial charge is 0.356 e. The van der Waals surface area contributed by atoms with Crippen molar-refractivity contribution in [1.82, 2.24) is 21.3 Å². The van der Waals surface area contributed by atoms with Gasteiger partial charge >= 0.3 is 0 Å². The van der Waals surface area contributed by atoms with Crippen molar-refractivity contribution >= 4 is 5.91 Å². The molecule has 0 radical (unpaired) electrons. The zero-order valence-electron chi connectivity index (χ0n) is 19.3. The van der Waals surface area contributed by atoms with E-state index >= 15 is 0 Å². The molecule has 1 atom stereocenters. The van der Waals surface area contributed by atoms with E-state index < -0.39 is 0 Å². The summed E-state index contributed by atoms with van der Waals surface area (Å²) >= 11 is 0. The van der Waals surface area contributed by atoms with Crippen LogP contribution in [0.4, 0.5) is 0 Å². The third-order valence-electron chi connectivity index (χ3n) is 5.86. The second-order valence-corrected chi connectivity index (χ2v) is 8.74. The van der Waals surface area contributed by atoms with Gasteiger partial charge in [-0.05, 0) is 64.8 Å². The van der Waals surface area contributed by atoms with Crippen molar-refractivity contribution in [1.29, 1.82) is 0 Å². The monoisotopic (exact) mass is 410 g/mol. The summed E-state index contributed by atoms with van der Waals surface area (Å²) in [5, 5.41) is 13.8. The highest BCUT2D eigenvalue weighted by molar-refractivity contribution is 5.76. The summed E-state index contributed by atoms with van der Waals surface area (Å²) in [6, 6.07) is 0.327. The average Bonchev–Trinajstić information content (AvgIpc) is 2.72. The maximum absolute atomic E-state index is 12.3. The predicted molar refractivity (Wildman–Crippen MR) is 125 cm³/mol. The van der Waals surface area contributed by atoms with Crippen LogP contribution in [0.1, 0.15) is 103 Å². The summed E-state index contributed by atoms with van der Waals surface area (Å²) in [5.41, 5.74) is 0. The summed E-state index contributed by atoms with van der Waals surface area (Å²) in [4.78, 5) is 12.3. The molecule has 5 nitrogen and oxygen atoms in total. The molecule has 1 amide bonds. The molecule has 5 heteroatoms. The molecule has 1 saturated heterocycles. The van der Waals surface area contributed by atoms with Gasteiger partial charge in [0.15, 0.2) is 0 Å². The van der Waals surface area contributed by atoms with Gasteiger partial charge in [0.2, 0.25) is 5.91 Å². The van der Waals surface area contributed by atoms with E-state index in [-0.39, 0.29) is 5.91 Å². The summed E-state index contributed by atoms with van der Waals surface area (Å²) in [7, 11) is 0. The third-order valence-corrected chi connectivity index (χ3v) is 5.86. The van der Waals surface area contributed by atoms with Gasteiger partial charge < -0.3 is 21.3 Å². The van der Waals surface area contributed by atoms with Gasteiger partial charge in [-0.3, -0.25) is 4.79 Å². The number of rotatable bonds is 10. The molecular weight excluding hydrogens is 360 g/mol. The minimum Gasteiger partial charge on any atom is -0.356 e. The highest BCUT2D eigenvalue weighted by Crippen LogP contribution is 2.12. The average molecular weight is 411 g/mol. The van der Waals surface area contributed by atoms with Crippen molar-refractivity contribution in [3.8, 4) is 0 Å². The molecule has 1 heterocycles. The van der Waals surface area contributed by atoms with Crippen LogP contribution in [0, 0.1) is 0 Å². The molecule has 1 aliphatic heterocycles. The molecule has 1 aliphatic rings. The number of unbranched alkanes of at least 4 members (excludes halogenated alkanes) is 8. The van der Waals surface area contributed by atoms with E-state index in [0.29, 0.717) is 12.5 Å². The lowest BCUT2D eigenvalue weighted by Gasteiger charge is -2.19. The first kappa shape index (κ1) is 26.4. The predicted octanol–water partition coefficient (Wildman–Crippen LogP) is 4.13. The first-order valence-electron chi connectivity index (χ1n) is 12.7. The molecular formula is C24H50N4O. The molecule has 0 spiro atoms. The minimum absolute atomic E-state index is 0.209. The van der Waals surface area contributed by atoms with Gasteiger partial charge in [-0.2, -0.15) is 0 Å². The number of nitrogens with one attached hydrogen (secondary N) is 4. The van der Waals surface area contributed by atoms with Crippen molar-refractivity contribution in [3.05, 3.63) is 0 Å². The van der Waals surface area contributed by atoms with Crippen molar-refractivity contribution in [2.75, 3.05) is 39.3 Å². The smallest absolute Gasteiger partial charge is 0.221 e. The molecule has 1 rings (SSSR count). The molecule has 172 valence electrons. The van der Waals surface area contributed by atoms with E-state index in [0.717, 1.165) is 58.5 Å². The third kappa shape index (κ3) is 17.9.